The maximum atomic E-state index is 6.24. The Kier molecular flexibility index (Phi) is 4.58. The van der Waals surface area contributed by atoms with Gasteiger partial charge in [-0.3, -0.25) is 0 Å². The number of hydrogen-bond acceptors (Lipinski definition) is 4. The van der Waals surface area contributed by atoms with Gasteiger partial charge in [0.15, 0.2) is 11.5 Å². The van der Waals surface area contributed by atoms with Gasteiger partial charge in [0.2, 0.25) is 6.79 Å². The number of nitrogens with two attached hydrogens (primary N) is 1. The van der Waals surface area contributed by atoms with Crippen molar-refractivity contribution in [2.24, 2.45) is 5.73 Å². The van der Waals surface area contributed by atoms with Gasteiger partial charge in [0.05, 0.1) is 0 Å². The molecule has 0 spiro atoms. The Bertz CT molecular complexity index is 618. The van der Waals surface area contributed by atoms with E-state index in [9.17, 15) is 0 Å². The van der Waals surface area contributed by atoms with E-state index in [1.165, 1.54) is 5.56 Å². The molecule has 2 aromatic carbocycles. The molecular weight excluding hydrogens is 306 g/mol. The van der Waals surface area contributed by atoms with Crippen molar-refractivity contribution < 1.29 is 9.47 Å². The highest BCUT2D eigenvalue weighted by molar-refractivity contribution is 7.98. The van der Waals surface area contributed by atoms with Crippen LogP contribution in [0.3, 0.4) is 0 Å². The molecule has 1 heterocycles. The van der Waals surface area contributed by atoms with E-state index in [0.717, 1.165) is 33.6 Å². The molecule has 1 unspecified atom stereocenters. The summed E-state index contributed by atoms with van der Waals surface area (Å²) in [6.07, 6.45) is 0. The van der Waals surface area contributed by atoms with Gasteiger partial charge in [0.1, 0.15) is 0 Å². The standard InChI is InChI=1S/C16H16ClNO2S/c17-13-4-1-11(2-5-13)8-21-9-14(18)12-3-6-15-16(7-12)20-10-19-15/h1-7,14H,8-10,18H2. The molecule has 0 saturated heterocycles. The van der Waals surface area contributed by atoms with Crippen LogP contribution in [-0.2, 0) is 5.75 Å². The maximum Gasteiger partial charge on any atom is 0.231 e. The first-order valence-electron chi connectivity index (χ1n) is 6.70. The maximum absolute atomic E-state index is 6.24. The molecule has 1 atom stereocenters. The highest BCUT2D eigenvalue weighted by Crippen LogP contribution is 2.34. The van der Waals surface area contributed by atoms with Crippen LogP contribution in [0.2, 0.25) is 5.02 Å². The van der Waals surface area contributed by atoms with Crippen molar-refractivity contribution in [3.05, 3.63) is 58.6 Å². The van der Waals surface area contributed by atoms with Crippen LogP contribution < -0.4 is 15.2 Å². The quantitative estimate of drug-likeness (QED) is 0.904. The first kappa shape index (κ1) is 14.6. The van der Waals surface area contributed by atoms with Gasteiger partial charge in [-0.1, -0.05) is 29.8 Å². The molecule has 21 heavy (non-hydrogen) atoms. The van der Waals surface area contributed by atoms with Crippen LogP contribution in [0.1, 0.15) is 17.2 Å². The molecule has 1 aliphatic heterocycles. The predicted octanol–water partition coefficient (Wildman–Crippen LogP) is 4.00. The largest absolute Gasteiger partial charge is 0.454 e. The molecular formula is C16H16ClNO2S. The molecule has 110 valence electrons. The zero-order valence-electron chi connectivity index (χ0n) is 11.4. The summed E-state index contributed by atoms with van der Waals surface area (Å²) in [5.74, 6) is 3.35. The fourth-order valence-electron chi connectivity index (χ4n) is 2.12. The Morgan fingerprint density at radius 2 is 1.86 bits per heavy atom. The van der Waals surface area contributed by atoms with Crippen LogP contribution in [0.15, 0.2) is 42.5 Å². The summed E-state index contributed by atoms with van der Waals surface area (Å²) in [5, 5.41) is 0.765. The lowest BCUT2D eigenvalue weighted by Gasteiger charge is -2.12. The van der Waals surface area contributed by atoms with Crippen molar-refractivity contribution in [2.75, 3.05) is 12.5 Å². The summed E-state index contributed by atoms with van der Waals surface area (Å²) in [6, 6.07) is 13.8. The molecule has 0 radical (unpaired) electrons. The first-order chi connectivity index (χ1) is 10.2. The summed E-state index contributed by atoms with van der Waals surface area (Å²) in [6.45, 7) is 0.291. The lowest BCUT2D eigenvalue weighted by atomic mass is 10.1. The SMILES string of the molecule is NC(CSCc1ccc(Cl)cc1)c1ccc2c(c1)OCO2. The van der Waals surface area contributed by atoms with E-state index >= 15 is 0 Å². The van der Waals surface area contributed by atoms with Crippen LogP contribution in [0, 0.1) is 0 Å². The number of hydrogen-bond donors (Lipinski definition) is 1. The Morgan fingerprint density at radius 3 is 2.67 bits per heavy atom. The number of rotatable bonds is 5. The molecule has 1 aliphatic rings. The minimum Gasteiger partial charge on any atom is -0.454 e. The van der Waals surface area contributed by atoms with Crippen molar-refractivity contribution in [2.45, 2.75) is 11.8 Å². The van der Waals surface area contributed by atoms with Gasteiger partial charge in [-0.15, -0.1) is 0 Å². The lowest BCUT2D eigenvalue weighted by Crippen LogP contribution is -2.13. The number of ether oxygens (including phenoxy) is 2. The van der Waals surface area contributed by atoms with Gasteiger partial charge in [-0.25, -0.2) is 0 Å². The Balaban J connectivity index is 1.54. The van der Waals surface area contributed by atoms with Crippen LogP contribution in [-0.4, -0.2) is 12.5 Å². The number of benzene rings is 2. The van der Waals surface area contributed by atoms with Crippen LogP contribution in [0.25, 0.3) is 0 Å². The number of halogens is 1. The normalized spacial score (nSPS) is 14.2. The molecule has 0 aromatic heterocycles. The van der Waals surface area contributed by atoms with E-state index in [2.05, 4.69) is 0 Å². The van der Waals surface area contributed by atoms with E-state index in [-0.39, 0.29) is 6.04 Å². The molecule has 2 N–H and O–H groups in total. The van der Waals surface area contributed by atoms with Crippen LogP contribution >= 0.6 is 23.4 Å². The van der Waals surface area contributed by atoms with Crippen LogP contribution in [0.5, 0.6) is 11.5 Å². The summed E-state index contributed by atoms with van der Waals surface area (Å²) in [4.78, 5) is 0. The van der Waals surface area contributed by atoms with Gasteiger partial charge >= 0.3 is 0 Å². The second-order valence-electron chi connectivity index (χ2n) is 4.86. The lowest BCUT2D eigenvalue weighted by molar-refractivity contribution is 0.174. The third-order valence-electron chi connectivity index (χ3n) is 3.30. The molecule has 0 fully saturated rings. The molecule has 5 heteroatoms. The summed E-state index contributed by atoms with van der Waals surface area (Å²) < 4.78 is 10.7. The van der Waals surface area contributed by atoms with Gasteiger partial charge < -0.3 is 15.2 Å². The Hall–Kier alpha value is -1.36. The highest BCUT2D eigenvalue weighted by Gasteiger charge is 2.15. The van der Waals surface area contributed by atoms with Crippen molar-refractivity contribution in [1.29, 1.82) is 0 Å². The Morgan fingerprint density at radius 1 is 1.10 bits per heavy atom. The van der Waals surface area contributed by atoms with Crippen molar-refractivity contribution in [1.82, 2.24) is 0 Å². The average molecular weight is 322 g/mol. The van der Waals surface area contributed by atoms with Crippen molar-refractivity contribution in [3.63, 3.8) is 0 Å². The second kappa shape index (κ2) is 6.60. The van der Waals surface area contributed by atoms with Gasteiger partial charge in [-0.05, 0) is 35.4 Å². The highest BCUT2D eigenvalue weighted by atomic mass is 35.5. The first-order valence-corrected chi connectivity index (χ1v) is 8.23. The number of fused-ring (bicyclic) bond motifs is 1. The monoisotopic (exact) mass is 321 g/mol. The molecule has 0 amide bonds. The predicted molar refractivity (Wildman–Crippen MR) is 87.1 cm³/mol. The smallest absolute Gasteiger partial charge is 0.231 e. The van der Waals surface area contributed by atoms with E-state index in [1.54, 1.807) is 0 Å². The van der Waals surface area contributed by atoms with Gasteiger partial charge in [0, 0.05) is 22.6 Å². The zero-order chi connectivity index (χ0) is 14.7. The molecule has 0 saturated carbocycles. The van der Waals surface area contributed by atoms with E-state index in [0.29, 0.717) is 6.79 Å². The molecule has 0 bridgehead atoms. The third kappa shape index (κ3) is 3.64. The number of thioether (sulfide) groups is 1. The van der Waals surface area contributed by atoms with Gasteiger partial charge in [-0.2, -0.15) is 11.8 Å². The van der Waals surface area contributed by atoms with E-state index < -0.39 is 0 Å². The molecule has 2 aromatic rings. The fourth-order valence-corrected chi connectivity index (χ4v) is 3.24. The second-order valence-corrected chi connectivity index (χ2v) is 6.33. The summed E-state index contributed by atoms with van der Waals surface area (Å²) in [7, 11) is 0. The summed E-state index contributed by atoms with van der Waals surface area (Å²) in [5.41, 5.74) is 8.56. The average Bonchev–Trinajstić information content (AvgIpc) is 2.96. The van der Waals surface area contributed by atoms with Crippen LogP contribution in [0.4, 0.5) is 0 Å². The topological polar surface area (TPSA) is 44.5 Å². The molecule has 3 nitrogen and oxygen atoms in total. The van der Waals surface area contributed by atoms with E-state index in [4.69, 9.17) is 26.8 Å². The van der Waals surface area contributed by atoms with E-state index in [1.807, 2.05) is 54.2 Å². The third-order valence-corrected chi connectivity index (χ3v) is 4.69. The fraction of sp³-hybridized carbons (Fsp3) is 0.250. The molecule has 3 rings (SSSR count). The van der Waals surface area contributed by atoms with Crippen molar-refractivity contribution >= 4 is 23.4 Å². The van der Waals surface area contributed by atoms with Crippen molar-refractivity contribution in [3.8, 4) is 11.5 Å². The zero-order valence-corrected chi connectivity index (χ0v) is 13.0. The molecule has 0 aliphatic carbocycles. The minimum atomic E-state index is -0.0169. The Labute approximate surface area is 133 Å². The summed E-state index contributed by atoms with van der Waals surface area (Å²) >= 11 is 7.68. The minimum absolute atomic E-state index is 0.0169. The van der Waals surface area contributed by atoms with Gasteiger partial charge in [0.25, 0.3) is 0 Å².